The number of carbonyl (C=O) groups excluding carboxylic acids is 2. The normalized spacial score (nSPS) is 13.4. The monoisotopic (exact) mass is 493 g/mol. The van der Waals surface area contributed by atoms with E-state index in [1.807, 2.05) is 58.0 Å². The molecule has 0 atom stereocenters. The van der Waals surface area contributed by atoms with Crippen LogP contribution in [-0.4, -0.2) is 39.8 Å². The molecular formula is C27H35N5O4. The lowest BCUT2D eigenvalue weighted by Gasteiger charge is -2.19. The van der Waals surface area contributed by atoms with Crippen molar-refractivity contribution < 1.29 is 19.1 Å². The van der Waals surface area contributed by atoms with Crippen LogP contribution < -0.4 is 15.4 Å². The summed E-state index contributed by atoms with van der Waals surface area (Å²) in [5.41, 5.74) is 4.12. The largest absolute Gasteiger partial charge is 0.497 e. The van der Waals surface area contributed by atoms with E-state index in [-0.39, 0.29) is 5.91 Å². The quantitative estimate of drug-likeness (QED) is 0.304. The fraction of sp³-hybridized carbons (Fsp3) is 0.444. The van der Waals surface area contributed by atoms with Crippen molar-refractivity contribution in [3.63, 3.8) is 0 Å². The molecule has 1 amide bonds. The van der Waals surface area contributed by atoms with E-state index in [9.17, 15) is 9.59 Å². The molecule has 1 aliphatic carbocycles. The van der Waals surface area contributed by atoms with E-state index in [2.05, 4.69) is 25.8 Å². The number of nitrogens with zero attached hydrogens (tertiary/aromatic N) is 1. The number of ether oxygens (including phenoxy) is 2. The third-order valence-electron chi connectivity index (χ3n) is 6.01. The molecule has 2 aromatic heterocycles. The van der Waals surface area contributed by atoms with Crippen LogP contribution in [0.15, 0.2) is 30.3 Å². The number of esters is 1. The molecule has 0 radical (unpaired) electrons. The minimum atomic E-state index is -0.656. The lowest BCUT2D eigenvalue weighted by molar-refractivity contribution is 0.00622. The molecule has 2 heterocycles. The van der Waals surface area contributed by atoms with Crippen LogP contribution >= 0.6 is 0 Å². The van der Waals surface area contributed by atoms with E-state index in [1.54, 1.807) is 7.11 Å². The number of nitrogens with one attached hydrogen (secondary N) is 4. The van der Waals surface area contributed by atoms with Gasteiger partial charge in [-0.25, -0.2) is 4.79 Å². The predicted molar refractivity (Wildman–Crippen MR) is 137 cm³/mol. The van der Waals surface area contributed by atoms with Crippen LogP contribution in [-0.2, 0) is 24.2 Å². The van der Waals surface area contributed by atoms with Crippen molar-refractivity contribution in [1.82, 2.24) is 20.5 Å². The molecule has 1 saturated carbocycles. The van der Waals surface area contributed by atoms with Crippen molar-refractivity contribution in [3.8, 4) is 5.75 Å². The van der Waals surface area contributed by atoms with Crippen molar-refractivity contribution in [2.45, 2.75) is 71.6 Å². The van der Waals surface area contributed by atoms with E-state index in [0.717, 1.165) is 35.7 Å². The number of aromatic amines is 2. The van der Waals surface area contributed by atoms with Gasteiger partial charge < -0.3 is 25.1 Å². The number of hydrogen-bond acceptors (Lipinski definition) is 6. The Morgan fingerprint density at radius 2 is 1.86 bits per heavy atom. The Balaban J connectivity index is 1.57. The number of rotatable bonds is 10. The SMILES string of the molecule is CCc1c(C(=O)OC(C)(C)C)[nH]c(CNc2ccc(OC)cc2)c1C(=O)NCc1cc(C2CC2)n[nH]1. The first-order valence-electron chi connectivity index (χ1n) is 12.4. The summed E-state index contributed by atoms with van der Waals surface area (Å²) >= 11 is 0. The van der Waals surface area contributed by atoms with Gasteiger partial charge in [0, 0.05) is 17.3 Å². The van der Waals surface area contributed by atoms with E-state index >= 15 is 0 Å². The van der Waals surface area contributed by atoms with Crippen LogP contribution in [0.2, 0.25) is 0 Å². The Bertz CT molecular complexity index is 1220. The van der Waals surface area contributed by atoms with E-state index in [1.165, 1.54) is 0 Å². The van der Waals surface area contributed by atoms with Crippen LogP contribution in [0.25, 0.3) is 0 Å². The molecule has 0 aliphatic heterocycles. The minimum absolute atomic E-state index is 0.257. The van der Waals surface area contributed by atoms with Gasteiger partial charge in [-0.3, -0.25) is 9.89 Å². The molecule has 0 spiro atoms. The second kappa shape index (κ2) is 10.5. The highest BCUT2D eigenvalue weighted by atomic mass is 16.6. The summed E-state index contributed by atoms with van der Waals surface area (Å²) in [6, 6.07) is 9.51. The van der Waals surface area contributed by atoms with Crippen molar-refractivity contribution in [3.05, 3.63) is 64.2 Å². The number of methoxy groups -OCH3 is 1. The average molecular weight is 494 g/mol. The number of H-pyrrole nitrogens is 2. The Morgan fingerprint density at radius 1 is 1.14 bits per heavy atom. The van der Waals surface area contributed by atoms with E-state index in [4.69, 9.17) is 9.47 Å². The smallest absolute Gasteiger partial charge is 0.355 e. The van der Waals surface area contributed by atoms with Crippen molar-refractivity contribution >= 4 is 17.6 Å². The maximum atomic E-state index is 13.4. The van der Waals surface area contributed by atoms with Gasteiger partial charge in [-0.1, -0.05) is 6.92 Å². The zero-order chi connectivity index (χ0) is 25.9. The molecule has 1 fully saturated rings. The highest BCUT2D eigenvalue weighted by Crippen LogP contribution is 2.39. The fourth-order valence-corrected chi connectivity index (χ4v) is 4.08. The predicted octanol–water partition coefficient (Wildman–Crippen LogP) is 4.68. The van der Waals surface area contributed by atoms with Crippen LogP contribution in [0.3, 0.4) is 0 Å². The van der Waals surface area contributed by atoms with Gasteiger partial charge in [0.25, 0.3) is 5.91 Å². The summed E-state index contributed by atoms with van der Waals surface area (Å²) < 4.78 is 10.8. The average Bonchev–Trinajstić information content (AvgIpc) is 3.46. The molecule has 192 valence electrons. The third kappa shape index (κ3) is 6.08. The number of anilines is 1. The molecular weight excluding hydrogens is 458 g/mol. The first kappa shape index (κ1) is 25.3. The van der Waals surface area contributed by atoms with Gasteiger partial charge in [0.2, 0.25) is 0 Å². The molecule has 9 heteroatoms. The van der Waals surface area contributed by atoms with E-state index in [0.29, 0.717) is 47.9 Å². The third-order valence-corrected chi connectivity index (χ3v) is 6.01. The first-order chi connectivity index (χ1) is 17.2. The van der Waals surface area contributed by atoms with Crippen molar-refractivity contribution in [2.24, 2.45) is 0 Å². The number of amides is 1. The topological polar surface area (TPSA) is 121 Å². The van der Waals surface area contributed by atoms with Gasteiger partial charge >= 0.3 is 5.97 Å². The number of hydrogen-bond donors (Lipinski definition) is 4. The molecule has 3 aromatic rings. The Labute approximate surface area is 211 Å². The summed E-state index contributed by atoms with van der Waals surface area (Å²) in [5.74, 6) is 0.553. The lowest BCUT2D eigenvalue weighted by atomic mass is 10.0. The summed E-state index contributed by atoms with van der Waals surface area (Å²) in [6.45, 7) is 8.02. The number of carbonyl (C=O) groups is 2. The zero-order valence-electron chi connectivity index (χ0n) is 21.6. The fourth-order valence-electron chi connectivity index (χ4n) is 4.08. The molecule has 0 saturated heterocycles. The minimum Gasteiger partial charge on any atom is -0.497 e. The zero-order valence-corrected chi connectivity index (χ0v) is 21.6. The molecule has 1 aromatic carbocycles. The number of benzene rings is 1. The van der Waals surface area contributed by atoms with Crippen LogP contribution in [0.4, 0.5) is 5.69 Å². The molecule has 4 N–H and O–H groups in total. The highest BCUT2D eigenvalue weighted by molar-refractivity contribution is 6.01. The number of aromatic nitrogens is 3. The second-order valence-corrected chi connectivity index (χ2v) is 10.0. The molecule has 36 heavy (non-hydrogen) atoms. The van der Waals surface area contributed by atoms with Gasteiger partial charge in [0.15, 0.2) is 0 Å². The highest BCUT2D eigenvalue weighted by Gasteiger charge is 2.29. The van der Waals surface area contributed by atoms with Crippen LogP contribution in [0, 0.1) is 0 Å². The first-order valence-corrected chi connectivity index (χ1v) is 12.4. The Kier molecular flexibility index (Phi) is 7.37. The lowest BCUT2D eigenvalue weighted by Crippen LogP contribution is -2.26. The maximum absolute atomic E-state index is 13.4. The van der Waals surface area contributed by atoms with E-state index < -0.39 is 11.6 Å². The van der Waals surface area contributed by atoms with Gasteiger partial charge in [0.1, 0.15) is 17.0 Å². The van der Waals surface area contributed by atoms with Crippen LogP contribution in [0.5, 0.6) is 5.75 Å². The summed E-state index contributed by atoms with van der Waals surface area (Å²) in [5, 5.41) is 13.7. The molecule has 0 unspecified atom stereocenters. The van der Waals surface area contributed by atoms with Gasteiger partial charge in [-0.15, -0.1) is 0 Å². The van der Waals surface area contributed by atoms with Crippen molar-refractivity contribution in [1.29, 1.82) is 0 Å². The Hall–Kier alpha value is -3.75. The maximum Gasteiger partial charge on any atom is 0.355 e. The Morgan fingerprint density at radius 3 is 2.47 bits per heavy atom. The molecule has 9 nitrogen and oxygen atoms in total. The van der Waals surface area contributed by atoms with Gasteiger partial charge in [-0.2, -0.15) is 5.10 Å². The summed E-state index contributed by atoms with van der Waals surface area (Å²) in [6.07, 6.45) is 2.82. The van der Waals surface area contributed by atoms with Gasteiger partial charge in [0.05, 0.1) is 37.2 Å². The summed E-state index contributed by atoms with van der Waals surface area (Å²) in [4.78, 5) is 29.6. The van der Waals surface area contributed by atoms with Gasteiger partial charge in [-0.05, 0) is 75.9 Å². The molecule has 1 aliphatic rings. The molecule has 4 rings (SSSR count). The van der Waals surface area contributed by atoms with Crippen LogP contribution in [0.1, 0.15) is 89.9 Å². The van der Waals surface area contributed by atoms with Crippen molar-refractivity contribution in [2.75, 3.05) is 12.4 Å². The molecule has 0 bridgehead atoms. The second-order valence-electron chi connectivity index (χ2n) is 10.0. The standard InChI is InChI=1S/C27H35N5O4/c1-6-20-23(25(33)29-14-18-13-21(32-31-18)16-7-8-16)22(30-24(20)26(34)36-27(2,3)4)15-28-17-9-11-19(35-5)12-10-17/h9-13,16,28,30H,6-8,14-15H2,1-5H3,(H,29,33)(H,31,32). The summed E-state index contributed by atoms with van der Waals surface area (Å²) in [7, 11) is 1.62.